The summed E-state index contributed by atoms with van der Waals surface area (Å²) in [5.41, 5.74) is 12.2. The molecule has 0 bridgehead atoms. The fraction of sp³-hybridized carbons (Fsp3) is 0.273. The minimum atomic E-state index is -0.464. The highest BCUT2D eigenvalue weighted by atomic mass is 16.5. The average molecular weight is 220 g/mol. The van der Waals surface area contributed by atoms with Crippen molar-refractivity contribution in [3.63, 3.8) is 0 Å². The molecule has 5 heteroatoms. The lowest BCUT2D eigenvalue weighted by molar-refractivity contribution is -0.117. The van der Waals surface area contributed by atoms with Crippen molar-refractivity contribution >= 4 is 17.4 Å². The van der Waals surface area contributed by atoms with Crippen molar-refractivity contribution in [2.45, 2.75) is 12.8 Å². The first kappa shape index (κ1) is 10.5. The molecule has 0 aromatic heterocycles. The summed E-state index contributed by atoms with van der Waals surface area (Å²) in [6.07, 6.45) is 0.368. The summed E-state index contributed by atoms with van der Waals surface area (Å²) < 4.78 is 5.40. The Morgan fingerprint density at radius 3 is 2.88 bits per heavy atom. The van der Waals surface area contributed by atoms with Crippen LogP contribution in [0.15, 0.2) is 12.1 Å². The predicted molar refractivity (Wildman–Crippen MR) is 58.2 cm³/mol. The van der Waals surface area contributed by atoms with E-state index in [2.05, 4.69) is 0 Å². The molecule has 0 saturated carbocycles. The van der Waals surface area contributed by atoms with Crippen molar-refractivity contribution in [1.82, 2.24) is 0 Å². The molecule has 84 valence electrons. The number of hydrogen-bond acceptors (Lipinski definition) is 4. The molecule has 1 aliphatic rings. The number of carbonyl (C=O) groups is 2. The van der Waals surface area contributed by atoms with Crippen LogP contribution in [0.5, 0.6) is 5.75 Å². The molecule has 1 aliphatic heterocycles. The quantitative estimate of drug-likeness (QED) is 0.699. The third kappa shape index (κ3) is 1.71. The van der Waals surface area contributed by atoms with E-state index in [4.69, 9.17) is 16.2 Å². The van der Waals surface area contributed by atoms with Crippen LogP contribution >= 0.6 is 0 Å². The van der Waals surface area contributed by atoms with E-state index in [1.165, 1.54) is 0 Å². The zero-order chi connectivity index (χ0) is 11.7. The molecule has 0 fully saturated rings. The fourth-order valence-corrected chi connectivity index (χ4v) is 1.79. The van der Waals surface area contributed by atoms with Crippen molar-refractivity contribution < 1.29 is 14.3 Å². The number of benzene rings is 1. The maximum Gasteiger partial charge on any atom is 0.221 e. The number of hydrogen-bond donors (Lipinski definition) is 2. The van der Waals surface area contributed by atoms with Gasteiger partial charge < -0.3 is 16.2 Å². The lowest BCUT2D eigenvalue weighted by Gasteiger charge is -2.20. The number of fused-ring (bicyclic) bond motifs is 1. The van der Waals surface area contributed by atoms with Crippen LogP contribution < -0.4 is 16.2 Å². The fourth-order valence-electron chi connectivity index (χ4n) is 1.79. The van der Waals surface area contributed by atoms with Crippen LogP contribution in [0.25, 0.3) is 0 Å². The second-order valence-electron chi connectivity index (χ2n) is 3.68. The second-order valence-corrected chi connectivity index (χ2v) is 3.68. The van der Waals surface area contributed by atoms with E-state index in [9.17, 15) is 9.59 Å². The van der Waals surface area contributed by atoms with Gasteiger partial charge in [0, 0.05) is 17.7 Å². The van der Waals surface area contributed by atoms with Crippen LogP contribution in [0.1, 0.15) is 22.3 Å². The number of nitrogens with two attached hydrogens (primary N) is 2. The van der Waals surface area contributed by atoms with Crippen LogP contribution in [0, 0.1) is 0 Å². The maximum atomic E-state index is 11.7. The summed E-state index contributed by atoms with van der Waals surface area (Å²) in [5.74, 6) is -0.103. The average Bonchev–Trinajstić information content (AvgIpc) is 2.22. The van der Waals surface area contributed by atoms with E-state index in [1.807, 2.05) is 0 Å². The minimum Gasteiger partial charge on any atom is -0.492 e. The van der Waals surface area contributed by atoms with Gasteiger partial charge in [0.05, 0.1) is 18.6 Å². The zero-order valence-electron chi connectivity index (χ0n) is 8.66. The molecule has 1 amide bonds. The molecule has 5 nitrogen and oxygen atoms in total. The molecule has 2 rings (SSSR count). The normalized spacial score (nSPS) is 14.1. The summed E-state index contributed by atoms with van der Waals surface area (Å²) in [4.78, 5) is 22.5. The van der Waals surface area contributed by atoms with Gasteiger partial charge in [-0.1, -0.05) is 6.07 Å². The van der Waals surface area contributed by atoms with Gasteiger partial charge >= 0.3 is 0 Å². The molecule has 0 saturated heterocycles. The largest absolute Gasteiger partial charge is 0.492 e. The standard InChI is InChI=1S/C11H12N2O3/c12-7-2-1-6(5-9(13)15)11-10(7)8(14)3-4-16-11/h1-2H,3-5,12H2,(H2,13,15). The molecule has 0 unspecified atom stereocenters. The van der Waals surface area contributed by atoms with E-state index >= 15 is 0 Å². The van der Waals surface area contributed by atoms with Gasteiger partial charge in [-0.3, -0.25) is 9.59 Å². The Balaban J connectivity index is 2.53. The summed E-state index contributed by atoms with van der Waals surface area (Å²) in [7, 11) is 0. The van der Waals surface area contributed by atoms with Gasteiger partial charge in [-0.05, 0) is 6.07 Å². The molecule has 0 radical (unpaired) electrons. The first-order chi connectivity index (χ1) is 7.59. The summed E-state index contributed by atoms with van der Waals surface area (Å²) in [6.45, 7) is 0.320. The molecule has 1 aromatic carbocycles. The van der Waals surface area contributed by atoms with E-state index in [0.29, 0.717) is 35.6 Å². The molecule has 1 heterocycles. The summed E-state index contributed by atoms with van der Waals surface area (Å²) >= 11 is 0. The summed E-state index contributed by atoms with van der Waals surface area (Å²) in [6, 6.07) is 3.27. The third-order valence-corrected chi connectivity index (χ3v) is 2.49. The second kappa shape index (κ2) is 3.84. The van der Waals surface area contributed by atoms with Crippen molar-refractivity contribution in [2.75, 3.05) is 12.3 Å². The smallest absolute Gasteiger partial charge is 0.221 e. The Morgan fingerprint density at radius 2 is 2.19 bits per heavy atom. The minimum absolute atomic E-state index is 0.0509. The van der Waals surface area contributed by atoms with Crippen molar-refractivity contribution in [2.24, 2.45) is 5.73 Å². The Hall–Kier alpha value is -2.04. The number of primary amides is 1. The Morgan fingerprint density at radius 1 is 1.44 bits per heavy atom. The third-order valence-electron chi connectivity index (χ3n) is 2.49. The van der Waals surface area contributed by atoms with E-state index in [-0.39, 0.29) is 12.2 Å². The van der Waals surface area contributed by atoms with Crippen molar-refractivity contribution in [3.05, 3.63) is 23.3 Å². The topological polar surface area (TPSA) is 95.4 Å². The monoisotopic (exact) mass is 220 g/mol. The molecule has 0 atom stereocenters. The van der Waals surface area contributed by atoms with Gasteiger partial charge in [-0.2, -0.15) is 0 Å². The number of carbonyl (C=O) groups excluding carboxylic acids is 2. The lowest BCUT2D eigenvalue weighted by Crippen LogP contribution is -2.21. The highest BCUT2D eigenvalue weighted by Crippen LogP contribution is 2.33. The molecular formula is C11H12N2O3. The SMILES string of the molecule is NC(=O)Cc1ccc(N)c2c1OCCC2=O. The first-order valence-electron chi connectivity index (χ1n) is 4.95. The van der Waals surface area contributed by atoms with Gasteiger partial charge in [0.1, 0.15) is 5.75 Å². The van der Waals surface area contributed by atoms with Crippen molar-refractivity contribution in [3.8, 4) is 5.75 Å². The number of anilines is 1. The number of rotatable bonds is 2. The van der Waals surface area contributed by atoms with Crippen LogP contribution in [0.4, 0.5) is 5.69 Å². The molecule has 0 spiro atoms. The number of Topliss-reactive ketones (excluding diaryl/α,β-unsaturated/α-hetero) is 1. The molecule has 1 aromatic rings. The Labute approximate surface area is 92.4 Å². The number of nitrogen functional groups attached to an aromatic ring is 1. The molecular weight excluding hydrogens is 208 g/mol. The molecule has 16 heavy (non-hydrogen) atoms. The van der Waals surface area contributed by atoms with Gasteiger partial charge in [-0.15, -0.1) is 0 Å². The number of ketones is 1. The van der Waals surface area contributed by atoms with Gasteiger partial charge in [0.2, 0.25) is 5.91 Å². The Kier molecular flexibility index (Phi) is 2.52. The van der Waals surface area contributed by atoms with E-state index < -0.39 is 5.91 Å². The number of amides is 1. The van der Waals surface area contributed by atoms with Gasteiger partial charge in [0.25, 0.3) is 0 Å². The predicted octanol–water partition coefficient (Wildman–Crippen LogP) is 0.262. The van der Waals surface area contributed by atoms with Crippen LogP contribution in [-0.2, 0) is 11.2 Å². The van der Waals surface area contributed by atoms with Crippen LogP contribution in [0.3, 0.4) is 0 Å². The zero-order valence-corrected chi connectivity index (χ0v) is 8.66. The number of ether oxygens (including phenoxy) is 1. The van der Waals surface area contributed by atoms with Gasteiger partial charge in [0.15, 0.2) is 5.78 Å². The Bertz CT molecular complexity index is 469. The van der Waals surface area contributed by atoms with E-state index in [1.54, 1.807) is 12.1 Å². The highest BCUT2D eigenvalue weighted by molar-refractivity contribution is 6.05. The molecule has 4 N–H and O–H groups in total. The van der Waals surface area contributed by atoms with Crippen LogP contribution in [-0.4, -0.2) is 18.3 Å². The van der Waals surface area contributed by atoms with Gasteiger partial charge in [-0.25, -0.2) is 0 Å². The maximum absolute atomic E-state index is 11.7. The highest BCUT2D eigenvalue weighted by Gasteiger charge is 2.24. The van der Waals surface area contributed by atoms with Crippen LogP contribution in [0.2, 0.25) is 0 Å². The molecule has 0 aliphatic carbocycles. The lowest BCUT2D eigenvalue weighted by atomic mass is 9.97. The first-order valence-corrected chi connectivity index (χ1v) is 4.95. The van der Waals surface area contributed by atoms with Crippen molar-refractivity contribution in [1.29, 1.82) is 0 Å². The summed E-state index contributed by atoms with van der Waals surface area (Å²) in [5, 5.41) is 0. The van der Waals surface area contributed by atoms with E-state index in [0.717, 1.165) is 0 Å².